The van der Waals surface area contributed by atoms with Gasteiger partial charge in [0.05, 0.1) is 11.9 Å². The first-order valence-electron chi connectivity index (χ1n) is 7.07. The highest BCUT2D eigenvalue weighted by Crippen LogP contribution is 2.12. The summed E-state index contributed by atoms with van der Waals surface area (Å²) in [7, 11) is 3.12. The van der Waals surface area contributed by atoms with Gasteiger partial charge >= 0.3 is 0 Å². The van der Waals surface area contributed by atoms with Gasteiger partial charge in [-0.15, -0.1) is 0 Å². The lowest BCUT2D eigenvalue weighted by molar-refractivity contribution is -0.131. The normalized spacial score (nSPS) is 10.4. The predicted molar refractivity (Wildman–Crippen MR) is 86.2 cm³/mol. The molecule has 1 heterocycles. The van der Waals surface area contributed by atoms with Gasteiger partial charge in [0.1, 0.15) is 6.54 Å². The molecular formula is C15H17N5O4. The second-order valence-electron chi connectivity index (χ2n) is 5.29. The first-order chi connectivity index (χ1) is 11.3. The molecule has 9 nitrogen and oxygen atoms in total. The minimum absolute atomic E-state index is 0.0950. The molecule has 0 spiro atoms. The molecule has 3 amide bonds. The third-order valence-electron chi connectivity index (χ3n) is 3.33. The van der Waals surface area contributed by atoms with Gasteiger partial charge in [-0.25, -0.2) is 4.68 Å². The van der Waals surface area contributed by atoms with E-state index in [0.717, 1.165) is 4.68 Å². The van der Waals surface area contributed by atoms with E-state index in [4.69, 9.17) is 5.73 Å². The van der Waals surface area contributed by atoms with Gasteiger partial charge in [-0.3, -0.25) is 19.2 Å². The number of carbonyl (C=O) groups is 3. The molecule has 1 aromatic heterocycles. The molecule has 1 aromatic carbocycles. The molecule has 0 fully saturated rings. The van der Waals surface area contributed by atoms with E-state index in [-0.39, 0.29) is 23.5 Å². The molecule has 24 heavy (non-hydrogen) atoms. The van der Waals surface area contributed by atoms with Crippen molar-refractivity contribution in [1.29, 1.82) is 0 Å². The number of fused-ring (bicyclic) bond motifs is 1. The summed E-state index contributed by atoms with van der Waals surface area (Å²) in [4.78, 5) is 48.6. The van der Waals surface area contributed by atoms with Gasteiger partial charge in [0, 0.05) is 19.5 Å². The van der Waals surface area contributed by atoms with E-state index >= 15 is 0 Å². The van der Waals surface area contributed by atoms with Crippen LogP contribution in [-0.2, 0) is 16.1 Å². The molecule has 3 N–H and O–H groups in total. The van der Waals surface area contributed by atoms with Crippen molar-refractivity contribution in [2.24, 2.45) is 5.73 Å². The Morgan fingerprint density at radius 1 is 1.21 bits per heavy atom. The number of primary amides is 1. The summed E-state index contributed by atoms with van der Waals surface area (Å²) in [5.41, 5.74) is 4.68. The SMILES string of the molecule is CN(C)C(=O)CNC(=O)Cn1nc(C(N)=O)c2ccccc2c1=O. The van der Waals surface area contributed by atoms with Crippen molar-refractivity contribution in [2.45, 2.75) is 6.54 Å². The number of aromatic nitrogens is 2. The van der Waals surface area contributed by atoms with Gasteiger partial charge in [0.15, 0.2) is 5.69 Å². The standard InChI is InChI=1S/C15H17N5O4/c1-19(2)12(22)7-17-11(21)8-20-15(24)10-6-4-3-5-9(10)13(18-20)14(16)23/h3-6H,7-8H2,1-2H3,(H2,16,23)(H,17,21). The molecule has 0 bridgehead atoms. The number of nitrogens with two attached hydrogens (primary N) is 1. The van der Waals surface area contributed by atoms with Crippen molar-refractivity contribution in [3.8, 4) is 0 Å². The third kappa shape index (κ3) is 3.57. The Balaban J connectivity index is 2.31. The van der Waals surface area contributed by atoms with Crippen molar-refractivity contribution in [1.82, 2.24) is 20.0 Å². The van der Waals surface area contributed by atoms with Crippen molar-refractivity contribution in [2.75, 3.05) is 20.6 Å². The summed E-state index contributed by atoms with van der Waals surface area (Å²) >= 11 is 0. The average Bonchev–Trinajstić information content (AvgIpc) is 2.54. The number of nitrogens with one attached hydrogen (secondary N) is 1. The molecule has 0 atom stereocenters. The largest absolute Gasteiger partial charge is 0.364 e. The van der Waals surface area contributed by atoms with Crippen molar-refractivity contribution in [3.05, 3.63) is 40.3 Å². The zero-order valence-electron chi connectivity index (χ0n) is 13.3. The summed E-state index contributed by atoms with van der Waals surface area (Å²) in [5.74, 6) is -1.67. The Bertz CT molecular complexity index is 872. The lowest BCUT2D eigenvalue weighted by Gasteiger charge is -2.12. The second kappa shape index (κ2) is 6.90. The molecule has 0 unspecified atom stereocenters. The van der Waals surface area contributed by atoms with Crippen LogP contribution in [0.5, 0.6) is 0 Å². The van der Waals surface area contributed by atoms with Gasteiger partial charge in [-0.1, -0.05) is 18.2 Å². The van der Waals surface area contributed by atoms with Crippen LogP contribution < -0.4 is 16.6 Å². The molecule has 0 saturated carbocycles. The molecule has 0 aliphatic heterocycles. The number of rotatable bonds is 5. The molecule has 9 heteroatoms. The smallest absolute Gasteiger partial charge is 0.275 e. The fourth-order valence-corrected chi connectivity index (χ4v) is 2.05. The monoisotopic (exact) mass is 331 g/mol. The van der Waals surface area contributed by atoms with E-state index in [1.807, 2.05) is 0 Å². The highest BCUT2D eigenvalue weighted by atomic mass is 16.2. The fourth-order valence-electron chi connectivity index (χ4n) is 2.05. The maximum absolute atomic E-state index is 12.4. The molecule has 0 aliphatic carbocycles. The van der Waals surface area contributed by atoms with Crippen molar-refractivity contribution >= 4 is 28.5 Å². The molecule has 0 saturated heterocycles. The molecule has 2 aromatic rings. The Labute approximate surface area is 137 Å². The van der Waals surface area contributed by atoms with E-state index < -0.39 is 23.9 Å². The zero-order chi connectivity index (χ0) is 17.9. The Kier molecular flexibility index (Phi) is 4.93. The molecular weight excluding hydrogens is 314 g/mol. The van der Waals surface area contributed by atoms with Crippen molar-refractivity contribution in [3.63, 3.8) is 0 Å². The maximum atomic E-state index is 12.4. The van der Waals surface area contributed by atoms with Gasteiger partial charge < -0.3 is 16.0 Å². The summed E-state index contributed by atoms with van der Waals surface area (Å²) in [6.45, 7) is -0.624. The van der Waals surface area contributed by atoms with Crippen LogP contribution in [0.2, 0.25) is 0 Å². The molecule has 0 aliphatic rings. The van der Waals surface area contributed by atoms with Gasteiger partial charge in [-0.2, -0.15) is 5.10 Å². The van der Waals surface area contributed by atoms with E-state index in [1.165, 1.54) is 11.0 Å². The number of benzene rings is 1. The van der Waals surface area contributed by atoms with Crippen LogP contribution >= 0.6 is 0 Å². The highest BCUT2D eigenvalue weighted by molar-refractivity contribution is 6.04. The number of amides is 3. The summed E-state index contributed by atoms with van der Waals surface area (Å²) < 4.78 is 0.859. The average molecular weight is 331 g/mol. The Morgan fingerprint density at radius 2 is 1.83 bits per heavy atom. The van der Waals surface area contributed by atoms with Crippen LogP contribution in [-0.4, -0.2) is 53.0 Å². The minimum atomic E-state index is -0.803. The molecule has 2 rings (SSSR count). The first kappa shape index (κ1) is 17.1. The second-order valence-corrected chi connectivity index (χ2v) is 5.29. The number of hydrogen-bond donors (Lipinski definition) is 2. The molecule has 126 valence electrons. The number of hydrogen-bond acceptors (Lipinski definition) is 5. The number of nitrogens with zero attached hydrogens (tertiary/aromatic N) is 3. The summed E-state index contributed by atoms with van der Waals surface area (Å²) in [6.07, 6.45) is 0. The lowest BCUT2D eigenvalue weighted by Crippen LogP contribution is -2.40. The summed E-state index contributed by atoms with van der Waals surface area (Å²) in [5, 5.41) is 6.83. The lowest BCUT2D eigenvalue weighted by atomic mass is 10.1. The predicted octanol–water partition coefficient (Wildman–Crippen LogP) is -1.30. The van der Waals surface area contributed by atoms with Gasteiger partial charge in [0.25, 0.3) is 11.5 Å². The van der Waals surface area contributed by atoms with E-state index in [2.05, 4.69) is 10.4 Å². The fraction of sp³-hybridized carbons (Fsp3) is 0.267. The van der Waals surface area contributed by atoms with Crippen molar-refractivity contribution < 1.29 is 14.4 Å². The molecule has 0 radical (unpaired) electrons. The van der Waals surface area contributed by atoms with Crippen LogP contribution in [0.1, 0.15) is 10.5 Å². The Hall–Kier alpha value is -3.23. The number of carbonyl (C=O) groups excluding carboxylic acids is 3. The Morgan fingerprint density at radius 3 is 2.42 bits per heavy atom. The minimum Gasteiger partial charge on any atom is -0.364 e. The third-order valence-corrected chi connectivity index (χ3v) is 3.33. The quantitative estimate of drug-likeness (QED) is 0.704. The van der Waals surface area contributed by atoms with E-state index in [1.54, 1.807) is 32.3 Å². The van der Waals surface area contributed by atoms with Crippen LogP contribution in [0.15, 0.2) is 29.1 Å². The van der Waals surface area contributed by atoms with Gasteiger partial charge in [-0.05, 0) is 6.07 Å². The van der Waals surface area contributed by atoms with E-state index in [9.17, 15) is 19.2 Å². The zero-order valence-corrected chi connectivity index (χ0v) is 13.3. The topological polar surface area (TPSA) is 127 Å². The van der Waals surface area contributed by atoms with Crippen LogP contribution in [0, 0.1) is 0 Å². The van der Waals surface area contributed by atoms with Crippen LogP contribution in [0.25, 0.3) is 10.8 Å². The number of likely N-dealkylation sites (N-methyl/N-ethyl adjacent to an activating group) is 1. The van der Waals surface area contributed by atoms with E-state index in [0.29, 0.717) is 5.39 Å². The highest BCUT2D eigenvalue weighted by Gasteiger charge is 2.16. The first-order valence-corrected chi connectivity index (χ1v) is 7.07. The maximum Gasteiger partial charge on any atom is 0.275 e. The van der Waals surface area contributed by atoms with Crippen LogP contribution in [0.4, 0.5) is 0 Å². The van der Waals surface area contributed by atoms with Gasteiger partial charge in [0.2, 0.25) is 11.8 Å². The van der Waals surface area contributed by atoms with Crippen LogP contribution in [0.3, 0.4) is 0 Å². The summed E-state index contributed by atoms with van der Waals surface area (Å²) in [6, 6.07) is 6.37.